The highest BCUT2D eigenvalue weighted by atomic mass is 35.5. The molecule has 0 radical (unpaired) electrons. The monoisotopic (exact) mass is 493 g/mol. The minimum absolute atomic E-state index is 0.215. The normalized spacial score (nSPS) is 14.2. The lowest BCUT2D eigenvalue weighted by Gasteiger charge is -2.23. The predicted molar refractivity (Wildman–Crippen MR) is 132 cm³/mol. The number of ether oxygens (including phenoxy) is 2. The molecule has 1 fully saturated rings. The summed E-state index contributed by atoms with van der Waals surface area (Å²) in [5.41, 5.74) is 3.82. The fourth-order valence-corrected chi connectivity index (χ4v) is 4.10. The third-order valence-corrected chi connectivity index (χ3v) is 5.70. The van der Waals surface area contributed by atoms with Gasteiger partial charge in [0.25, 0.3) is 0 Å². The molecule has 0 heterocycles. The Bertz CT molecular complexity index is 994. The van der Waals surface area contributed by atoms with Gasteiger partial charge in [-0.05, 0) is 73.9 Å². The van der Waals surface area contributed by atoms with E-state index >= 15 is 0 Å². The van der Waals surface area contributed by atoms with Crippen LogP contribution in [0.1, 0.15) is 54.9 Å². The summed E-state index contributed by atoms with van der Waals surface area (Å²) in [7, 11) is 0. The Morgan fingerprint density at radius 1 is 1.16 bits per heavy atom. The summed E-state index contributed by atoms with van der Waals surface area (Å²) >= 11 is 17.3. The van der Waals surface area contributed by atoms with Crippen LogP contribution in [-0.2, 0) is 0 Å². The van der Waals surface area contributed by atoms with E-state index in [1.807, 2.05) is 6.92 Å². The lowest BCUT2D eigenvalue weighted by molar-refractivity contribution is 0.0728. The van der Waals surface area contributed by atoms with Crippen LogP contribution in [0.3, 0.4) is 0 Å². The molecule has 2 N–H and O–H groups in total. The smallest absolute Gasteiger partial charge is 0.345 e. The van der Waals surface area contributed by atoms with E-state index < -0.39 is 5.97 Å². The van der Waals surface area contributed by atoms with Gasteiger partial charge in [-0.1, -0.05) is 42.5 Å². The van der Waals surface area contributed by atoms with Gasteiger partial charge < -0.3 is 14.8 Å². The number of esters is 1. The molecular formula is C23H25Cl2N3O3S. The Balaban J connectivity index is 1.63. The highest BCUT2D eigenvalue weighted by molar-refractivity contribution is 7.80. The number of rotatable bonds is 7. The minimum atomic E-state index is -0.602. The number of thiocarbonyl (C=S) groups is 1. The molecule has 0 aromatic heterocycles. The van der Waals surface area contributed by atoms with E-state index in [2.05, 4.69) is 15.8 Å². The average molecular weight is 494 g/mol. The Kier molecular flexibility index (Phi) is 9.14. The third-order valence-electron chi connectivity index (χ3n) is 4.94. The van der Waals surface area contributed by atoms with Gasteiger partial charge in [-0.25, -0.2) is 4.79 Å². The molecule has 1 aliphatic rings. The molecule has 9 heteroatoms. The van der Waals surface area contributed by atoms with Crippen LogP contribution in [0.15, 0.2) is 41.5 Å². The van der Waals surface area contributed by atoms with E-state index in [9.17, 15) is 4.79 Å². The van der Waals surface area contributed by atoms with Crippen molar-refractivity contribution in [2.24, 2.45) is 5.10 Å². The number of benzene rings is 2. The highest BCUT2D eigenvalue weighted by Crippen LogP contribution is 2.30. The van der Waals surface area contributed by atoms with Crippen molar-refractivity contribution in [3.05, 3.63) is 57.6 Å². The molecule has 0 atom stereocenters. The summed E-state index contributed by atoms with van der Waals surface area (Å²) in [6, 6.07) is 10.1. The summed E-state index contributed by atoms with van der Waals surface area (Å²) in [5.74, 6) is 0.0927. The molecule has 0 bridgehead atoms. The minimum Gasteiger partial charge on any atom is -0.490 e. The quantitative estimate of drug-likeness (QED) is 0.168. The van der Waals surface area contributed by atoms with Crippen molar-refractivity contribution in [1.82, 2.24) is 10.7 Å². The van der Waals surface area contributed by atoms with Crippen LogP contribution in [0.2, 0.25) is 10.0 Å². The number of nitrogens with zero attached hydrogens (tertiary/aromatic N) is 1. The summed E-state index contributed by atoms with van der Waals surface area (Å²) in [6.07, 6.45) is 7.63. The summed E-state index contributed by atoms with van der Waals surface area (Å²) in [4.78, 5) is 12.5. The maximum Gasteiger partial charge on any atom is 0.345 e. The SMILES string of the molecule is CCOc1cc(C=NNC(=S)NC2CCCCC2)ccc1OC(=O)c1ccc(Cl)cc1Cl. The molecule has 0 aliphatic heterocycles. The number of hydrazone groups is 1. The molecule has 0 saturated heterocycles. The molecule has 2 aromatic rings. The van der Waals surface area contributed by atoms with Crippen molar-refractivity contribution in [2.45, 2.75) is 45.1 Å². The zero-order valence-corrected chi connectivity index (χ0v) is 20.0. The van der Waals surface area contributed by atoms with E-state index in [4.69, 9.17) is 44.9 Å². The number of halogens is 2. The first-order valence-electron chi connectivity index (χ1n) is 10.5. The largest absolute Gasteiger partial charge is 0.490 e. The van der Waals surface area contributed by atoms with Crippen molar-refractivity contribution in [1.29, 1.82) is 0 Å². The van der Waals surface area contributed by atoms with Gasteiger partial charge in [-0.15, -0.1) is 0 Å². The molecule has 6 nitrogen and oxygen atoms in total. The molecule has 1 saturated carbocycles. The Hall–Kier alpha value is -2.35. The maximum atomic E-state index is 12.5. The lowest BCUT2D eigenvalue weighted by atomic mass is 9.96. The number of nitrogens with one attached hydrogen (secondary N) is 2. The average Bonchev–Trinajstić information content (AvgIpc) is 2.76. The number of carbonyl (C=O) groups excluding carboxylic acids is 1. The van der Waals surface area contributed by atoms with Gasteiger partial charge in [0.2, 0.25) is 0 Å². The molecular weight excluding hydrogens is 469 g/mol. The van der Waals surface area contributed by atoms with Gasteiger partial charge in [0.1, 0.15) is 0 Å². The third kappa shape index (κ3) is 7.08. The van der Waals surface area contributed by atoms with Crippen LogP contribution in [0.25, 0.3) is 0 Å². The molecule has 1 aliphatic carbocycles. The van der Waals surface area contributed by atoms with E-state index in [0.29, 0.717) is 28.5 Å². The second-order valence-corrected chi connectivity index (χ2v) is 8.58. The molecule has 3 rings (SSSR count). The van der Waals surface area contributed by atoms with Gasteiger partial charge in [-0.3, -0.25) is 5.43 Å². The van der Waals surface area contributed by atoms with Crippen molar-refractivity contribution >= 4 is 52.7 Å². The van der Waals surface area contributed by atoms with Crippen molar-refractivity contribution in [2.75, 3.05) is 6.61 Å². The Morgan fingerprint density at radius 2 is 1.94 bits per heavy atom. The van der Waals surface area contributed by atoms with E-state index in [-0.39, 0.29) is 16.3 Å². The second-order valence-electron chi connectivity index (χ2n) is 7.33. The van der Waals surface area contributed by atoms with Crippen molar-refractivity contribution in [3.8, 4) is 11.5 Å². The van der Waals surface area contributed by atoms with Crippen LogP contribution in [0.5, 0.6) is 11.5 Å². The van der Waals surface area contributed by atoms with Crippen LogP contribution < -0.4 is 20.2 Å². The zero-order valence-electron chi connectivity index (χ0n) is 17.7. The maximum absolute atomic E-state index is 12.5. The fourth-order valence-electron chi connectivity index (χ4n) is 3.40. The lowest BCUT2D eigenvalue weighted by Crippen LogP contribution is -2.40. The van der Waals surface area contributed by atoms with Crippen molar-refractivity contribution in [3.63, 3.8) is 0 Å². The van der Waals surface area contributed by atoms with Gasteiger partial charge in [-0.2, -0.15) is 5.10 Å². The topological polar surface area (TPSA) is 71.9 Å². The summed E-state index contributed by atoms with van der Waals surface area (Å²) in [6.45, 7) is 2.25. The summed E-state index contributed by atoms with van der Waals surface area (Å²) in [5, 5.41) is 8.65. The van der Waals surface area contributed by atoms with Crippen LogP contribution in [0.4, 0.5) is 0 Å². The first-order chi connectivity index (χ1) is 15.5. The Labute approximate surface area is 203 Å². The molecule has 0 spiro atoms. The number of carbonyl (C=O) groups is 1. The van der Waals surface area contributed by atoms with Crippen molar-refractivity contribution < 1.29 is 14.3 Å². The van der Waals surface area contributed by atoms with Gasteiger partial charge >= 0.3 is 5.97 Å². The van der Waals surface area contributed by atoms with Gasteiger partial charge in [0, 0.05) is 11.1 Å². The molecule has 170 valence electrons. The predicted octanol–water partition coefficient (Wildman–Crippen LogP) is 5.74. The first-order valence-corrected chi connectivity index (χ1v) is 11.7. The van der Waals surface area contributed by atoms with Crippen LogP contribution in [0, 0.1) is 0 Å². The fraction of sp³-hybridized carbons (Fsp3) is 0.348. The Morgan fingerprint density at radius 3 is 2.66 bits per heavy atom. The van der Waals surface area contributed by atoms with Gasteiger partial charge in [0.15, 0.2) is 16.6 Å². The van der Waals surface area contributed by atoms with Crippen LogP contribution >= 0.6 is 35.4 Å². The van der Waals surface area contributed by atoms with Gasteiger partial charge in [0.05, 0.1) is 23.4 Å². The van der Waals surface area contributed by atoms with E-state index in [0.717, 1.165) is 18.4 Å². The first kappa shape index (κ1) is 24.3. The molecule has 0 amide bonds. The van der Waals surface area contributed by atoms with E-state index in [1.54, 1.807) is 30.5 Å². The highest BCUT2D eigenvalue weighted by Gasteiger charge is 2.16. The molecule has 0 unspecified atom stereocenters. The standard InChI is InChI=1S/C23H25Cl2N3O3S/c1-2-30-21-12-15(14-26-28-23(32)27-17-6-4-3-5-7-17)8-11-20(21)31-22(29)18-10-9-16(24)13-19(18)25/h8-14,17H,2-7H2,1H3,(H2,27,28,32). The number of hydrogen-bond donors (Lipinski definition) is 2. The number of hydrogen-bond acceptors (Lipinski definition) is 5. The molecule has 2 aromatic carbocycles. The molecule has 32 heavy (non-hydrogen) atoms. The summed E-state index contributed by atoms with van der Waals surface area (Å²) < 4.78 is 11.1. The van der Waals surface area contributed by atoms with E-state index in [1.165, 1.54) is 31.4 Å². The second kappa shape index (κ2) is 12.0. The zero-order chi connectivity index (χ0) is 22.9. The van der Waals surface area contributed by atoms with Crippen LogP contribution in [-0.4, -0.2) is 29.9 Å².